The average molecular weight is 266 g/mol. The van der Waals surface area contributed by atoms with Gasteiger partial charge in [0.1, 0.15) is 0 Å². The van der Waals surface area contributed by atoms with E-state index in [4.69, 9.17) is 0 Å². The highest BCUT2D eigenvalue weighted by atomic mass is 15.2. The van der Waals surface area contributed by atoms with Crippen molar-refractivity contribution in [3.63, 3.8) is 0 Å². The van der Waals surface area contributed by atoms with Gasteiger partial charge in [0.05, 0.1) is 0 Å². The van der Waals surface area contributed by atoms with Crippen molar-refractivity contribution in [2.75, 3.05) is 20.1 Å². The molecule has 0 aromatic heterocycles. The van der Waals surface area contributed by atoms with Crippen LogP contribution < -0.4 is 5.32 Å². The fourth-order valence-corrected chi connectivity index (χ4v) is 3.93. The minimum atomic E-state index is 0.479. The summed E-state index contributed by atoms with van der Waals surface area (Å²) in [4.78, 5) is 2.80. The van der Waals surface area contributed by atoms with Crippen molar-refractivity contribution in [2.45, 2.75) is 71.9 Å². The largest absolute Gasteiger partial charge is 0.316 e. The molecule has 0 radical (unpaired) electrons. The standard InChI is InChI=1S/C17H34N2/c1-13(2)9-11-19(15-6-7-15)12-14-8-10-17(3,4)16(14)18-5/h13-16,18H,6-12H2,1-5H3. The van der Waals surface area contributed by atoms with Gasteiger partial charge < -0.3 is 10.2 Å². The fraction of sp³-hybridized carbons (Fsp3) is 1.00. The van der Waals surface area contributed by atoms with E-state index in [1.807, 2.05) is 0 Å². The molecule has 0 aliphatic heterocycles. The van der Waals surface area contributed by atoms with Crippen LogP contribution in [0.15, 0.2) is 0 Å². The number of nitrogens with zero attached hydrogens (tertiary/aromatic N) is 1. The smallest absolute Gasteiger partial charge is 0.0156 e. The Morgan fingerprint density at radius 2 is 1.89 bits per heavy atom. The normalized spacial score (nSPS) is 30.5. The van der Waals surface area contributed by atoms with Crippen LogP contribution in [-0.2, 0) is 0 Å². The van der Waals surface area contributed by atoms with E-state index < -0.39 is 0 Å². The van der Waals surface area contributed by atoms with Gasteiger partial charge >= 0.3 is 0 Å². The number of nitrogens with one attached hydrogen (secondary N) is 1. The highest BCUT2D eigenvalue weighted by molar-refractivity contribution is 4.98. The van der Waals surface area contributed by atoms with Gasteiger partial charge in [0.2, 0.25) is 0 Å². The summed E-state index contributed by atoms with van der Waals surface area (Å²) >= 11 is 0. The minimum Gasteiger partial charge on any atom is -0.316 e. The maximum atomic E-state index is 3.61. The molecule has 2 aliphatic carbocycles. The molecular formula is C17H34N2. The molecule has 0 bridgehead atoms. The second kappa shape index (κ2) is 6.13. The first-order valence-electron chi connectivity index (χ1n) is 8.35. The monoisotopic (exact) mass is 266 g/mol. The summed E-state index contributed by atoms with van der Waals surface area (Å²) in [5.74, 6) is 1.69. The second-order valence-electron chi connectivity index (χ2n) is 7.96. The third-order valence-corrected chi connectivity index (χ3v) is 5.31. The van der Waals surface area contributed by atoms with Gasteiger partial charge in [0, 0.05) is 18.6 Å². The first-order valence-corrected chi connectivity index (χ1v) is 8.35. The summed E-state index contributed by atoms with van der Waals surface area (Å²) in [6, 6.07) is 1.62. The molecular weight excluding hydrogens is 232 g/mol. The summed E-state index contributed by atoms with van der Waals surface area (Å²) < 4.78 is 0. The van der Waals surface area contributed by atoms with Gasteiger partial charge in [-0.3, -0.25) is 0 Å². The van der Waals surface area contributed by atoms with Gasteiger partial charge in [0.15, 0.2) is 0 Å². The Morgan fingerprint density at radius 1 is 1.21 bits per heavy atom. The third kappa shape index (κ3) is 3.95. The van der Waals surface area contributed by atoms with Crippen molar-refractivity contribution in [2.24, 2.45) is 17.3 Å². The van der Waals surface area contributed by atoms with Crippen LogP contribution in [0.4, 0.5) is 0 Å². The van der Waals surface area contributed by atoms with Gasteiger partial charge in [-0.15, -0.1) is 0 Å². The molecule has 0 saturated heterocycles. The van der Waals surface area contributed by atoms with E-state index in [0.717, 1.165) is 17.9 Å². The van der Waals surface area contributed by atoms with Crippen LogP contribution in [0.1, 0.15) is 59.8 Å². The number of rotatable bonds is 7. The van der Waals surface area contributed by atoms with Crippen molar-refractivity contribution in [1.82, 2.24) is 10.2 Å². The van der Waals surface area contributed by atoms with E-state index in [1.165, 1.54) is 45.2 Å². The predicted octanol–water partition coefficient (Wildman–Crippen LogP) is 3.52. The first-order chi connectivity index (χ1) is 8.94. The molecule has 2 aliphatic rings. The van der Waals surface area contributed by atoms with Gasteiger partial charge in [-0.1, -0.05) is 27.7 Å². The summed E-state index contributed by atoms with van der Waals surface area (Å²) in [5, 5.41) is 3.61. The molecule has 2 atom stereocenters. The lowest BCUT2D eigenvalue weighted by molar-refractivity contribution is 0.176. The van der Waals surface area contributed by atoms with Crippen molar-refractivity contribution < 1.29 is 0 Å². The summed E-state index contributed by atoms with van der Waals surface area (Å²) in [6.07, 6.45) is 7.03. The molecule has 0 aromatic carbocycles. The quantitative estimate of drug-likeness (QED) is 0.758. The Hall–Kier alpha value is -0.0800. The van der Waals surface area contributed by atoms with Gasteiger partial charge in [0.25, 0.3) is 0 Å². The highest BCUT2D eigenvalue weighted by Crippen LogP contribution is 2.42. The topological polar surface area (TPSA) is 15.3 Å². The average Bonchev–Trinajstić information content (AvgIpc) is 3.11. The minimum absolute atomic E-state index is 0.479. The predicted molar refractivity (Wildman–Crippen MR) is 83.4 cm³/mol. The Labute approximate surface area is 120 Å². The lowest BCUT2D eigenvalue weighted by Crippen LogP contribution is -2.44. The maximum Gasteiger partial charge on any atom is 0.0156 e. The molecule has 19 heavy (non-hydrogen) atoms. The van der Waals surface area contributed by atoms with Crippen LogP contribution in [0.5, 0.6) is 0 Å². The van der Waals surface area contributed by atoms with Crippen LogP contribution >= 0.6 is 0 Å². The lowest BCUT2D eigenvalue weighted by Gasteiger charge is -2.34. The zero-order chi connectivity index (χ0) is 14.0. The molecule has 2 fully saturated rings. The molecule has 1 N–H and O–H groups in total. The van der Waals surface area contributed by atoms with Crippen LogP contribution in [0.3, 0.4) is 0 Å². The van der Waals surface area contributed by atoms with E-state index in [9.17, 15) is 0 Å². The zero-order valence-electron chi connectivity index (χ0n) is 13.7. The fourth-order valence-electron chi connectivity index (χ4n) is 3.93. The van der Waals surface area contributed by atoms with Crippen molar-refractivity contribution in [3.05, 3.63) is 0 Å². The van der Waals surface area contributed by atoms with Gasteiger partial charge in [-0.2, -0.15) is 0 Å². The van der Waals surface area contributed by atoms with Crippen molar-refractivity contribution in [1.29, 1.82) is 0 Å². The summed E-state index contributed by atoms with van der Waals surface area (Å²) in [6.45, 7) is 12.2. The van der Waals surface area contributed by atoms with E-state index in [1.54, 1.807) is 0 Å². The Balaban J connectivity index is 1.90. The molecule has 2 nitrogen and oxygen atoms in total. The van der Waals surface area contributed by atoms with E-state index in [0.29, 0.717) is 11.5 Å². The van der Waals surface area contributed by atoms with Crippen LogP contribution in [0, 0.1) is 17.3 Å². The molecule has 0 heterocycles. The van der Waals surface area contributed by atoms with E-state index >= 15 is 0 Å². The summed E-state index contributed by atoms with van der Waals surface area (Å²) in [7, 11) is 2.15. The molecule has 2 heteroatoms. The van der Waals surface area contributed by atoms with Crippen LogP contribution in [0.2, 0.25) is 0 Å². The Kier molecular flexibility index (Phi) is 4.94. The number of hydrogen-bond acceptors (Lipinski definition) is 2. The van der Waals surface area contributed by atoms with Gasteiger partial charge in [-0.05, 0) is 62.9 Å². The molecule has 0 aromatic rings. The molecule has 2 unspecified atom stereocenters. The van der Waals surface area contributed by atoms with Crippen LogP contribution in [0.25, 0.3) is 0 Å². The maximum absolute atomic E-state index is 3.61. The highest BCUT2D eigenvalue weighted by Gasteiger charge is 2.42. The van der Waals surface area contributed by atoms with Gasteiger partial charge in [-0.25, -0.2) is 0 Å². The van der Waals surface area contributed by atoms with E-state index in [2.05, 4.69) is 45.0 Å². The Morgan fingerprint density at radius 3 is 2.42 bits per heavy atom. The van der Waals surface area contributed by atoms with Crippen LogP contribution in [-0.4, -0.2) is 37.1 Å². The van der Waals surface area contributed by atoms with Crippen molar-refractivity contribution in [3.8, 4) is 0 Å². The summed E-state index contributed by atoms with van der Waals surface area (Å²) in [5.41, 5.74) is 0.479. The van der Waals surface area contributed by atoms with Crippen molar-refractivity contribution >= 4 is 0 Å². The third-order valence-electron chi connectivity index (χ3n) is 5.31. The molecule has 0 amide bonds. The second-order valence-corrected chi connectivity index (χ2v) is 7.96. The molecule has 2 rings (SSSR count). The first kappa shape index (κ1) is 15.3. The molecule has 2 saturated carbocycles. The number of hydrogen-bond donors (Lipinski definition) is 1. The Bertz CT molecular complexity index is 281. The van der Waals surface area contributed by atoms with E-state index in [-0.39, 0.29) is 0 Å². The molecule has 0 spiro atoms. The zero-order valence-corrected chi connectivity index (χ0v) is 13.7. The molecule has 112 valence electrons. The lowest BCUT2D eigenvalue weighted by atomic mass is 9.85. The SMILES string of the molecule is CNC1C(CN(CCC(C)C)C2CC2)CCC1(C)C.